The summed E-state index contributed by atoms with van der Waals surface area (Å²) in [5, 5.41) is 9.31. The minimum atomic E-state index is -0.947. The highest BCUT2D eigenvalue weighted by molar-refractivity contribution is 5.81. The van der Waals surface area contributed by atoms with Crippen molar-refractivity contribution in [2.24, 2.45) is 0 Å². The highest BCUT2D eigenvalue weighted by Crippen LogP contribution is 2.44. The smallest absolute Gasteiger partial charge is 0.348 e. The van der Waals surface area contributed by atoms with Crippen LogP contribution in [-0.2, 0) is 4.79 Å². The lowest BCUT2D eigenvalue weighted by Gasteiger charge is -2.26. The number of aliphatic carboxylic acids is 1. The molecule has 3 heteroatoms. The fourth-order valence-corrected chi connectivity index (χ4v) is 3.16. The Balaban J connectivity index is 1.88. The maximum Gasteiger partial charge on any atom is 0.348 e. The van der Waals surface area contributed by atoms with Crippen LogP contribution in [0.4, 0.5) is 0 Å². The van der Waals surface area contributed by atoms with Crippen LogP contribution in [0.5, 0.6) is 5.75 Å². The molecule has 108 valence electrons. The average Bonchev–Trinajstić information content (AvgIpc) is 3.21. The Bertz CT molecular complexity index is 511. The molecule has 1 aromatic carbocycles. The van der Waals surface area contributed by atoms with Gasteiger partial charge in [0.25, 0.3) is 0 Å². The first kappa shape index (κ1) is 13.5. The number of rotatable bonds is 4. The Morgan fingerprint density at radius 3 is 2.55 bits per heavy atom. The molecule has 1 aromatic rings. The van der Waals surface area contributed by atoms with Gasteiger partial charge < -0.3 is 9.84 Å². The lowest BCUT2D eigenvalue weighted by molar-refractivity contribution is -0.147. The van der Waals surface area contributed by atoms with Crippen LogP contribution >= 0.6 is 0 Å². The molecular formula is C17H22O3. The first-order valence-electron chi connectivity index (χ1n) is 7.64. The summed E-state index contributed by atoms with van der Waals surface area (Å²) in [5.41, 5.74) is 1.39. The van der Waals surface area contributed by atoms with Crippen molar-refractivity contribution in [1.82, 2.24) is 0 Å². The van der Waals surface area contributed by atoms with Gasteiger partial charge in [0.15, 0.2) is 0 Å². The minimum absolute atomic E-state index is 0.531. The molecule has 0 bridgehead atoms. The first-order chi connectivity index (χ1) is 9.61. The van der Waals surface area contributed by atoms with Crippen molar-refractivity contribution in [3.63, 3.8) is 0 Å². The molecule has 0 aliphatic heterocycles. The van der Waals surface area contributed by atoms with E-state index in [0.29, 0.717) is 18.8 Å². The zero-order valence-electron chi connectivity index (χ0n) is 12.0. The molecule has 3 nitrogen and oxygen atoms in total. The van der Waals surface area contributed by atoms with Gasteiger partial charge in [-0.1, -0.05) is 31.4 Å². The van der Waals surface area contributed by atoms with Gasteiger partial charge in [0.2, 0.25) is 5.60 Å². The molecule has 0 unspecified atom stereocenters. The number of aryl methyl sites for hydroxylation is 1. The molecule has 0 amide bonds. The number of hydrogen-bond donors (Lipinski definition) is 1. The van der Waals surface area contributed by atoms with E-state index < -0.39 is 11.6 Å². The van der Waals surface area contributed by atoms with E-state index in [9.17, 15) is 9.90 Å². The Kier molecular flexibility index (Phi) is 3.45. The third kappa shape index (κ3) is 2.54. The monoisotopic (exact) mass is 274 g/mol. The number of hydrogen-bond acceptors (Lipinski definition) is 2. The molecule has 20 heavy (non-hydrogen) atoms. The van der Waals surface area contributed by atoms with Crippen LogP contribution in [0, 0.1) is 6.92 Å². The molecule has 0 spiro atoms. The van der Waals surface area contributed by atoms with Crippen molar-refractivity contribution >= 4 is 5.97 Å². The van der Waals surface area contributed by atoms with E-state index in [2.05, 4.69) is 12.1 Å². The molecule has 0 aromatic heterocycles. The number of ether oxygens (including phenoxy) is 1. The summed E-state index contributed by atoms with van der Waals surface area (Å²) in [5.74, 6) is 0.509. The molecule has 3 rings (SSSR count). The molecule has 0 radical (unpaired) electrons. The standard InChI is InChI=1S/C17H22O3/c1-12-7-8-14(13-5-3-2-4-6-13)15(11-12)20-17(9-10-17)16(18)19/h7-8,11,13H,2-6,9-10H2,1H3,(H,18,19). The Morgan fingerprint density at radius 2 is 1.95 bits per heavy atom. The Morgan fingerprint density at radius 1 is 1.25 bits per heavy atom. The number of carbonyl (C=O) groups is 1. The van der Waals surface area contributed by atoms with Crippen LogP contribution in [0.1, 0.15) is 62.0 Å². The second kappa shape index (κ2) is 5.12. The van der Waals surface area contributed by atoms with E-state index in [0.717, 1.165) is 11.3 Å². The quantitative estimate of drug-likeness (QED) is 0.901. The fourth-order valence-electron chi connectivity index (χ4n) is 3.16. The van der Waals surface area contributed by atoms with Gasteiger partial charge in [-0.3, -0.25) is 0 Å². The second-order valence-corrected chi connectivity index (χ2v) is 6.28. The summed E-state index contributed by atoms with van der Waals surface area (Å²) >= 11 is 0. The lowest BCUT2D eigenvalue weighted by atomic mass is 9.83. The van der Waals surface area contributed by atoms with Gasteiger partial charge in [-0.15, -0.1) is 0 Å². The fraction of sp³-hybridized carbons (Fsp3) is 0.588. The Hall–Kier alpha value is -1.51. The van der Waals surface area contributed by atoms with Gasteiger partial charge in [0.05, 0.1) is 0 Å². The van der Waals surface area contributed by atoms with E-state index in [4.69, 9.17) is 4.74 Å². The van der Waals surface area contributed by atoms with E-state index in [1.165, 1.54) is 37.7 Å². The van der Waals surface area contributed by atoms with Gasteiger partial charge in [-0.25, -0.2) is 4.79 Å². The number of carboxylic acid groups (broad SMARTS) is 1. The molecule has 0 heterocycles. The molecule has 0 atom stereocenters. The van der Waals surface area contributed by atoms with Gasteiger partial charge in [0.1, 0.15) is 5.75 Å². The van der Waals surface area contributed by atoms with Crippen LogP contribution in [0.3, 0.4) is 0 Å². The molecular weight excluding hydrogens is 252 g/mol. The zero-order chi connectivity index (χ0) is 14.2. The third-order valence-corrected chi connectivity index (χ3v) is 4.61. The summed E-state index contributed by atoms with van der Waals surface area (Å²) < 4.78 is 5.94. The van der Waals surface area contributed by atoms with Crippen molar-refractivity contribution in [1.29, 1.82) is 0 Å². The van der Waals surface area contributed by atoms with Crippen LogP contribution < -0.4 is 4.74 Å². The highest BCUT2D eigenvalue weighted by atomic mass is 16.5. The molecule has 2 fully saturated rings. The van der Waals surface area contributed by atoms with E-state index in [1.807, 2.05) is 13.0 Å². The van der Waals surface area contributed by atoms with Crippen LogP contribution in [0.25, 0.3) is 0 Å². The molecule has 0 saturated heterocycles. The molecule has 2 aliphatic rings. The van der Waals surface area contributed by atoms with E-state index in [-0.39, 0.29) is 0 Å². The third-order valence-electron chi connectivity index (χ3n) is 4.61. The summed E-state index contributed by atoms with van der Waals surface area (Å²) in [6.07, 6.45) is 7.49. The van der Waals surface area contributed by atoms with Crippen molar-refractivity contribution in [3.8, 4) is 5.75 Å². The van der Waals surface area contributed by atoms with Crippen LogP contribution in [-0.4, -0.2) is 16.7 Å². The highest BCUT2D eigenvalue weighted by Gasteiger charge is 2.53. The predicted octanol–water partition coefficient (Wildman–Crippen LogP) is 4.04. The summed E-state index contributed by atoms with van der Waals surface area (Å²) in [7, 11) is 0. The maximum absolute atomic E-state index is 11.3. The van der Waals surface area contributed by atoms with Gasteiger partial charge in [0, 0.05) is 12.8 Å². The lowest BCUT2D eigenvalue weighted by Crippen LogP contribution is -2.29. The number of benzene rings is 1. The molecule has 2 aliphatic carbocycles. The van der Waals surface area contributed by atoms with Crippen LogP contribution in [0.2, 0.25) is 0 Å². The van der Waals surface area contributed by atoms with Crippen molar-refractivity contribution in [2.45, 2.75) is 63.4 Å². The van der Waals surface area contributed by atoms with Crippen molar-refractivity contribution < 1.29 is 14.6 Å². The molecule has 1 N–H and O–H groups in total. The first-order valence-corrected chi connectivity index (χ1v) is 7.64. The number of carboxylic acids is 1. The largest absolute Gasteiger partial charge is 0.478 e. The van der Waals surface area contributed by atoms with E-state index in [1.54, 1.807) is 0 Å². The minimum Gasteiger partial charge on any atom is -0.478 e. The molecule has 2 saturated carbocycles. The zero-order valence-corrected chi connectivity index (χ0v) is 12.0. The van der Waals surface area contributed by atoms with Crippen LogP contribution in [0.15, 0.2) is 18.2 Å². The van der Waals surface area contributed by atoms with E-state index >= 15 is 0 Å². The topological polar surface area (TPSA) is 46.5 Å². The van der Waals surface area contributed by atoms with Gasteiger partial charge in [-0.05, 0) is 42.9 Å². The summed E-state index contributed by atoms with van der Waals surface area (Å²) in [6, 6.07) is 6.25. The van der Waals surface area contributed by atoms with Gasteiger partial charge in [-0.2, -0.15) is 0 Å². The summed E-state index contributed by atoms with van der Waals surface area (Å²) in [6.45, 7) is 2.03. The SMILES string of the molecule is Cc1ccc(C2CCCCC2)c(OC2(C(=O)O)CC2)c1. The Labute approximate surface area is 120 Å². The predicted molar refractivity (Wildman–Crippen MR) is 77.2 cm³/mol. The summed E-state index contributed by atoms with van der Waals surface area (Å²) in [4.78, 5) is 11.3. The average molecular weight is 274 g/mol. The maximum atomic E-state index is 11.3. The van der Waals surface area contributed by atoms with Crippen molar-refractivity contribution in [2.75, 3.05) is 0 Å². The van der Waals surface area contributed by atoms with Crippen molar-refractivity contribution in [3.05, 3.63) is 29.3 Å². The normalized spacial score (nSPS) is 21.4. The second-order valence-electron chi connectivity index (χ2n) is 6.28. The van der Waals surface area contributed by atoms with Gasteiger partial charge >= 0.3 is 5.97 Å².